The third-order valence-electron chi connectivity index (χ3n) is 2.83. The molecule has 0 amide bonds. The van der Waals surface area contributed by atoms with E-state index < -0.39 is 0 Å². The zero-order chi connectivity index (χ0) is 11.8. The molecule has 0 aliphatic carbocycles. The molecule has 84 valence electrons. The first-order valence-electron chi connectivity index (χ1n) is 5.33. The maximum Gasteiger partial charge on any atom is 0.198 e. The van der Waals surface area contributed by atoms with Crippen molar-refractivity contribution in [2.24, 2.45) is 0 Å². The van der Waals surface area contributed by atoms with Gasteiger partial charge in [-0.3, -0.25) is 0 Å². The van der Waals surface area contributed by atoms with Gasteiger partial charge in [-0.2, -0.15) is 0 Å². The molecule has 0 aliphatic heterocycles. The standard InChI is InChI=1S/C14H10OS2/c1-9-10-5-2-3-6-11(10)14(16)15-13(9)12-7-4-8-17-12/h2-8H,1H3. The molecule has 0 aliphatic rings. The minimum atomic E-state index is 0.564. The SMILES string of the molecule is Cc1c(-c2cccs2)oc(=S)c2ccccc12. The van der Waals surface area contributed by atoms with Gasteiger partial charge in [-0.25, -0.2) is 0 Å². The molecule has 0 unspecified atom stereocenters. The van der Waals surface area contributed by atoms with E-state index in [1.165, 1.54) is 5.39 Å². The van der Waals surface area contributed by atoms with E-state index >= 15 is 0 Å². The van der Waals surface area contributed by atoms with Gasteiger partial charge in [0.25, 0.3) is 0 Å². The first kappa shape index (κ1) is 10.7. The van der Waals surface area contributed by atoms with Crippen molar-refractivity contribution >= 4 is 34.3 Å². The first-order chi connectivity index (χ1) is 8.27. The van der Waals surface area contributed by atoms with Gasteiger partial charge in [0, 0.05) is 10.9 Å². The smallest absolute Gasteiger partial charge is 0.198 e. The molecular weight excluding hydrogens is 248 g/mol. The molecule has 1 aromatic carbocycles. The number of benzene rings is 1. The lowest BCUT2D eigenvalue weighted by Crippen LogP contribution is -1.84. The largest absolute Gasteiger partial charge is 0.443 e. The van der Waals surface area contributed by atoms with Gasteiger partial charge >= 0.3 is 0 Å². The van der Waals surface area contributed by atoms with E-state index in [-0.39, 0.29) is 0 Å². The number of hydrogen-bond acceptors (Lipinski definition) is 3. The van der Waals surface area contributed by atoms with Gasteiger partial charge in [-0.05, 0) is 42.0 Å². The van der Waals surface area contributed by atoms with Gasteiger partial charge in [-0.1, -0.05) is 24.3 Å². The summed E-state index contributed by atoms with van der Waals surface area (Å²) in [6.45, 7) is 2.08. The minimum Gasteiger partial charge on any atom is -0.443 e. The summed E-state index contributed by atoms with van der Waals surface area (Å²) < 4.78 is 6.36. The number of hydrogen-bond donors (Lipinski definition) is 0. The summed E-state index contributed by atoms with van der Waals surface area (Å²) >= 11 is 6.98. The number of thiophene rings is 1. The van der Waals surface area contributed by atoms with Crippen molar-refractivity contribution in [3.63, 3.8) is 0 Å². The Morgan fingerprint density at radius 3 is 2.53 bits per heavy atom. The Kier molecular flexibility index (Phi) is 2.57. The van der Waals surface area contributed by atoms with Crippen molar-refractivity contribution < 1.29 is 4.42 Å². The van der Waals surface area contributed by atoms with Crippen LogP contribution in [0.15, 0.2) is 46.2 Å². The second-order valence-electron chi connectivity index (χ2n) is 3.87. The van der Waals surface area contributed by atoms with Crippen molar-refractivity contribution in [2.75, 3.05) is 0 Å². The molecule has 0 spiro atoms. The number of aryl methyl sites for hydroxylation is 1. The average Bonchev–Trinajstić information content (AvgIpc) is 2.87. The number of rotatable bonds is 1. The lowest BCUT2D eigenvalue weighted by Gasteiger charge is -2.06. The van der Waals surface area contributed by atoms with E-state index in [0.717, 1.165) is 21.6 Å². The van der Waals surface area contributed by atoms with Crippen LogP contribution in [0.1, 0.15) is 5.56 Å². The molecule has 0 fully saturated rings. The van der Waals surface area contributed by atoms with Crippen LogP contribution >= 0.6 is 23.6 Å². The molecule has 2 aromatic heterocycles. The zero-order valence-corrected chi connectivity index (χ0v) is 10.9. The molecule has 0 atom stereocenters. The van der Waals surface area contributed by atoms with E-state index in [1.807, 2.05) is 29.6 Å². The van der Waals surface area contributed by atoms with E-state index in [0.29, 0.717) is 4.71 Å². The highest BCUT2D eigenvalue weighted by atomic mass is 32.1. The molecule has 3 rings (SSSR count). The highest BCUT2D eigenvalue weighted by Gasteiger charge is 2.10. The summed E-state index contributed by atoms with van der Waals surface area (Å²) in [5, 5.41) is 4.23. The van der Waals surface area contributed by atoms with E-state index in [1.54, 1.807) is 11.3 Å². The predicted octanol–water partition coefficient (Wildman–Crippen LogP) is 5.20. The van der Waals surface area contributed by atoms with E-state index in [9.17, 15) is 0 Å². The van der Waals surface area contributed by atoms with Crippen molar-refractivity contribution in [1.29, 1.82) is 0 Å². The maximum absolute atomic E-state index is 5.79. The summed E-state index contributed by atoms with van der Waals surface area (Å²) in [4.78, 5) is 1.12. The van der Waals surface area contributed by atoms with Crippen LogP contribution in [0.3, 0.4) is 0 Å². The van der Waals surface area contributed by atoms with Crippen molar-refractivity contribution in [2.45, 2.75) is 6.92 Å². The minimum absolute atomic E-state index is 0.564. The van der Waals surface area contributed by atoms with Crippen LogP contribution in [0.4, 0.5) is 0 Å². The Bertz CT molecular complexity index is 724. The summed E-state index contributed by atoms with van der Waals surface area (Å²) in [5.41, 5.74) is 1.15. The topological polar surface area (TPSA) is 13.1 Å². The fourth-order valence-electron chi connectivity index (χ4n) is 1.98. The Hall–Kier alpha value is -1.45. The van der Waals surface area contributed by atoms with Crippen LogP contribution in [0.5, 0.6) is 0 Å². The highest BCUT2D eigenvalue weighted by molar-refractivity contribution is 7.71. The lowest BCUT2D eigenvalue weighted by molar-refractivity contribution is 0.555. The van der Waals surface area contributed by atoms with Gasteiger partial charge in [0.05, 0.1) is 4.88 Å². The molecule has 3 aromatic rings. The van der Waals surface area contributed by atoms with Gasteiger partial charge in [0.1, 0.15) is 5.76 Å². The predicted molar refractivity (Wildman–Crippen MR) is 75.1 cm³/mol. The van der Waals surface area contributed by atoms with Crippen LogP contribution in [-0.2, 0) is 0 Å². The van der Waals surface area contributed by atoms with Crippen LogP contribution in [0.25, 0.3) is 21.4 Å². The molecule has 0 saturated carbocycles. The zero-order valence-electron chi connectivity index (χ0n) is 9.27. The summed E-state index contributed by atoms with van der Waals surface area (Å²) in [5.74, 6) is 0.892. The van der Waals surface area contributed by atoms with Crippen molar-refractivity contribution in [3.05, 3.63) is 52.0 Å². The molecule has 1 nitrogen and oxygen atoms in total. The van der Waals surface area contributed by atoms with Gasteiger partial charge in [-0.15, -0.1) is 11.3 Å². The van der Waals surface area contributed by atoms with Crippen LogP contribution in [0.2, 0.25) is 0 Å². The van der Waals surface area contributed by atoms with Crippen LogP contribution in [0, 0.1) is 11.6 Å². The highest BCUT2D eigenvalue weighted by Crippen LogP contribution is 2.33. The van der Waals surface area contributed by atoms with E-state index in [2.05, 4.69) is 19.1 Å². The first-order valence-corrected chi connectivity index (χ1v) is 6.62. The Balaban J connectivity index is 2.43. The molecular formula is C14H10OS2. The lowest BCUT2D eigenvalue weighted by atomic mass is 10.1. The van der Waals surface area contributed by atoms with Crippen molar-refractivity contribution in [1.82, 2.24) is 0 Å². The molecule has 0 N–H and O–H groups in total. The molecule has 3 heteroatoms. The Labute approximate surface area is 108 Å². The maximum atomic E-state index is 5.79. The molecule has 17 heavy (non-hydrogen) atoms. The second kappa shape index (κ2) is 4.09. The van der Waals surface area contributed by atoms with Crippen molar-refractivity contribution in [3.8, 4) is 10.6 Å². The number of fused-ring (bicyclic) bond motifs is 1. The van der Waals surface area contributed by atoms with Gasteiger partial charge in [0.2, 0.25) is 0 Å². The third kappa shape index (κ3) is 1.72. The normalized spacial score (nSPS) is 10.9. The van der Waals surface area contributed by atoms with Gasteiger partial charge in [0.15, 0.2) is 4.71 Å². The Morgan fingerprint density at radius 2 is 1.82 bits per heavy atom. The van der Waals surface area contributed by atoms with Gasteiger partial charge < -0.3 is 4.42 Å². The fourth-order valence-corrected chi connectivity index (χ4v) is 3.00. The van der Waals surface area contributed by atoms with Crippen LogP contribution < -0.4 is 0 Å². The molecule has 0 bridgehead atoms. The summed E-state index contributed by atoms with van der Waals surface area (Å²) in [6.07, 6.45) is 0. The Morgan fingerprint density at radius 1 is 1.06 bits per heavy atom. The average molecular weight is 258 g/mol. The van der Waals surface area contributed by atoms with Crippen LogP contribution in [-0.4, -0.2) is 0 Å². The summed E-state index contributed by atoms with van der Waals surface area (Å²) in [6, 6.07) is 12.2. The molecule has 2 heterocycles. The second-order valence-corrected chi connectivity index (χ2v) is 5.19. The van der Waals surface area contributed by atoms with E-state index in [4.69, 9.17) is 16.6 Å². The summed E-state index contributed by atoms with van der Waals surface area (Å²) in [7, 11) is 0. The quantitative estimate of drug-likeness (QED) is 0.556. The molecule has 0 saturated heterocycles. The third-order valence-corrected chi connectivity index (χ3v) is 4.00. The monoisotopic (exact) mass is 258 g/mol. The molecule has 0 radical (unpaired) electrons. The fraction of sp³-hybridized carbons (Fsp3) is 0.0714.